The van der Waals surface area contributed by atoms with Crippen LogP contribution in [-0.2, 0) is 6.18 Å². The van der Waals surface area contributed by atoms with Gasteiger partial charge in [0.2, 0.25) is 0 Å². The van der Waals surface area contributed by atoms with Gasteiger partial charge in [-0.05, 0) is 12.1 Å². The van der Waals surface area contributed by atoms with Crippen LogP contribution in [0.25, 0.3) is 11.1 Å². The lowest BCUT2D eigenvalue weighted by Gasteiger charge is -2.16. The van der Waals surface area contributed by atoms with E-state index in [2.05, 4.69) is 4.98 Å². The first-order valence-electron chi connectivity index (χ1n) is 5.31. The lowest BCUT2D eigenvalue weighted by Crippen LogP contribution is -2.10. The van der Waals surface area contributed by atoms with Gasteiger partial charge < -0.3 is 0 Å². The molecule has 0 N–H and O–H groups in total. The van der Waals surface area contributed by atoms with Gasteiger partial charge in [0.15, 0.2) is 5.69 Å². The zero-order valence-electron chi connectivity index (χ0n) is 10.0. The second-order valence-electron chi connectivity index (χ2n) is 3.97. The fourth-order valence-corrected chi connectivity index (χ4v) is 3.18. The van der Waals surface area contributed by atoms with Crippen LogP contribution in [0.5, 0.6) is 0 Å². The monoisotopic (exact) mass is 427 g/mol. The van der Waals surface area contributed by atoms with Crippen LogP contribution in [0.15, 0.2) is 12.1 Å². The quantitative estimate of drug-likeness (QED) is 0.257. The zero-order chi connectivity index (χ0) is 16.8. The van der Waals surface area contributed by atoms with Crippen LogP contribution in [0.2, 0.25) is 30.3 Å². The molecule has 1 aromatic carbocycles. The molecule has 2 aromatic rings. The molecule has 1 nitrogen and oxygen atoms in total. The Bertz CT molecular complexity index is 730. The lowest BCUT2D eigenvalue weighted by atomic mass is 10.0. The second kappa shape index (κ2) is 6.42. The summed E-state index contributed by atoms with van der Waals surface area (Å²) in [4.78, 5) is 3.29. The van der Waals surface area contributed by atoms with Crippen LogP contribution in [0.3, 0.4) is 0 Å². The number of hydrogen-bond acceptors (Lipinski definition) is 1. The first-order chi connectivity index (χ1) is 10.1. The third-order valence-corrected chi connectivity index (χ3v) is 5.10. The molecule has 0 bridgehead atoms. The van der Waals surface area contributed by atoms with Crippen LogP contribution in [0, 0.1) is 0 Å². The van der Waals surface area contributed by atoms with Gasteiger partial charge in [-0.2, -0.15) is 13.2 Å². The van der Waals surface area contributed by atoms with Crippen molar-refractivity contribution in [1.29, 1.82) is 0 Å². The van der Waals surface area contributed by atoms with E-state index in [4.69, 9.17) is 69.6 Å². The zero-order valence-corrected chi connectivity index (χ0v) is 14.5. The third-order valence-electron chi connectivity index (χ3n) is 2.61. The van der Waals surface area contributed by atoms with Gasteiger partial charge in [-0.3, -0.25) is 0 Å². The molecule has 0 amide bonds. The molecule has 22 heavy (non-hydrogen) atoms. The Labute approximate surface area is 152 Å². The van der Waals surface area contributed by atoms with Gasteiger partial charge in [0, 0.05) is 11.1 Å². The van der Waals surface area contributed by atoms with Gasteiger partial charge in [0.05, 0.1) is 25.1 Å². The highest BCUT2D eigenvalue weighted by atomic mass is 35.5. The van der Waals surface area contributed by atoms with Crippen LogP contribution in [0.1, 0.15) is 5.69 Å². The van der Waals surface area contributed by atoms with E-state index in [1.54, 1.807) is 0 Å². The summed E-state index contributed by atoms with van der Waals surface area (Å²) >= 11 is 35.1. The summed E-state index contributed by atoms with van der Waals surface area (Å²) in [5, 5.41) is -1.45. The summed E-state index contributed by atoms with van der Waals surface area (Å²) < 4.78 is 39.5. The Morgan fingerprint density at radius 2 is 1.18 bits per heavy atom. The Balaban J connectivity index is 2.90. The minimum Gasteiger partial charge on any atom is -0.231 e. The SMILES string of the molecule is FC(F)(F)c1nc(Cl)ccc1-c1c(Cl)c(Cl)c(Cl)c(Cl)c1Cl. The highest BCUT2D eigenvalue weighted by Gasteiger charge is 2.37. The summed E-state index contributed by atoms with van der Waals surface area (Å²) in [6, 6.07) is 2.24. The highest BCUT2D eigenvalue weighted by Crippen LogP contribution is 2.50. The maximum atomic E-state index is 13.2. The number of benzene rings is 1. The van der Waals surface area contributed by atoms with E-state index in [1.165, 1.54) is 0 Å². The molecule has 0 fully saturated rings. The average molecular weight is 430 g/mol. The Hall–Kier alpha value is -0.100. The van der Waals surface area contributed by atoms with Crippen LogP contribution < -0.4 is 0 Å². The topological polar surface area (TPSA) is 12.9 Å². The molecule has 1 heterocycles. The maximum Gasteiger partial charge on any atom is 0.434 e. The predicted octanol–water partition coefficient (Wildman–Crippen LogP) is 7.69. The summed E-state index contributed by atoms with van der Waals surface area (Å²) in [6.07, 6.45) is -4.79. The minimum atomic E-state index is -4.79. The van der Waals surface area contributed by atoms with Gasteiger partial charge in [-0.1, -0.05) is 69.6 Å². The molecule has 0 saturated heterocycles. The van der Waals surface area contributed by atoms with Crippen LogP contribution in [0.4, 0.5) is 13.2 Å². The van der Waals surface area contributed by atoms with E-state index in [9.17, 15) is 13.2 Å². The number of rotatable bonds is 1. The third kappa shape index (κ3) is 3.23. The Kier molecular flexibility index (Phi) is 5.32. The summed E-state index contributed by atoms with van der Waals surface area (Å²) in [5.74, 6) is 0. The Morgan fingerprint density at radius 3 is 1.64 bits per heavy atom. The molecule has 0 aliphatic rings. The summed E-state index contributed by atoms with van der Waals surface area (Å²) in [7, 11) is 0. The molecule has 2 rings (SSSR count). The fourth-order valence-electron chi connectivity index (χ4n) is 1.69. The van der Waals surface area contributed by atoms with Crippen molar-refractivity contribution in [3.05, 3.63) is 48.1 Å². The number of aromatic nitrogens is 1. The summed E-state index contributed by atoms with van der Waals surface area (Å²) in [6.45, 7) is 0. The van der Waals surface area contributed by atoms with Gasteiger partial charge in [-0.25, -0.2) is 4.98 Å². The van der Waals surface area contributed by atoms with E-state index in [1.807, 2.05) is 0 Å². The number of halogens is 9. The number of nitrogens with zero attached hydrogens (tertiary/aromatic N) is 1. The van der Waals surface area contributed by atoms with Crippen molar-refractivity contribution >= 4 is 69.6 Å². The van der Waals surface area contributed by atoms with Crippen molar-refractivity contribution in [1.82, 2.24) is 4.98 Å². The fraction of sp³-hybridized carbons (Fsp3) is 0.0833. The highest BCUT2D eigenvalue weighted by molar-refractivity contribution is 6.56. The first kappa shape index (κ1) is 18.2. The minimum absolute atomic E-state index is 0.155. The molecule has 118 valence electrons. The number of alkyl halides is 3. The van der Waals surface area contributed by atoms with Crippen molar-refractivity contribution in [2.75, 3.05) is 0 Å². The van der Waals surface area contributed by atoms with Crippen LogP contribution in [-0.4, -0.2) is 4.98 Å². The molecule has 0 aliphatic carbocycles. The average Bonchev–Trinajstić information content (AvgIpc) is 2.43. The van der Waals surface area contributed by atoms with Gasteiger partial charge in [0.1, 0.15) is 5.15 Å². The van der Waals surface area contributed by atoms with Crippen molar-refractivity contribution in [2.24, 2.45) is 0 Å². The molecular weight excluding hydrogens is 428 g/mol. The van der Waals surface area contributed by atoms with Gasteiger partial charge >= 0.3 is 6.18 Å². The molecule has 0 radical (unpaired) electrons. The normalized spacial score (nSPS) is 11.9. The molecule has 0 spiro atoms. The summed E-state index contributed by atoms with van der Waals surface area (Å²) in [5.41, 5.74) is -1.90. The molecule has 0 saturated carbocycles. The van der Waals surface area contributed by atoms with E-state index in [0.717, 1.165) is 12.1 Å². The van der Waals surface area contributed by atoms with Gasteiger partial charge in [0.25, 0.3) is 0 Å². The van der Waals surface area contributed by atoms with Crippen molar-refractivity contribution < 1.29 is 13.2 Å². The molecule has 0 atom stereocenters. The number of pyridine rings is 1. The second-order valence-corrected chi connectivity index (χ2v) is 6.25. The number of hydrogen-bond donors (Lipinski definition) is 0. The van der Waals surface area contributed by atoms with E-state index < -0.39 is 17.4 Å². The molecular formula is C12H2Cl6F3N. The van der Waals surface area contributed by atoms with Gasteiger partial charge in [-0.15, -0.1) is 0 Å². The van der Waals surface area contributed by atoms with E-state index in [-0.39, 0.29) is 35.8 Å². The van der Waals surface area contributed by atoms with E-state index >= 15 is 0 Å². The van der Waals surface area contributed by atoms with Crippen molar-refractivity contribution in [3.63, 3.8) is 0 Å². The van der Waals surface area contributed by atoms with E-state index in [0.29, 0.717) is 0 Å². The van der Waals surface area contributed by atoms with Crippen molar-refractivity contribution in [2.45, 2.75) is 6.18 Å². The lowest BCUT2D eigenvalue weighted by molar-refractivity contribution is -0.140. The largest absolute Gasteiger partial charge is 0.434 e. The standard InChI is InChI=1S/C12H2Cl6F3N/c13-4-2-1-3(11(22-4)12(19,20)21)5-6(14)8(16)10(18)9(17)7(5)15/h1-2H. The van der Waals surface area contributed by atoms with Crippen molar-refractivity contribution in [3.8, 4) is 11.1 Å². The molecule has 1 aromatic heterocycles. The van der Waals surface area contributed by atoms with Crippen LogP contribution >= 0.6 is 69.6 Å². The maximum absolute atomic E-state index is 13.2. The molecule has 0 unspecified atom stereocenters. The molecule has 10 heteroatoms. The molecule has 0 aliphatic heterocycles. The predicted molar refractivity (Wildman–Crippen MR) is 84.7 cm³/mol. The smallest absolute Gasteiger partial charge is 0.231 e. The first-order valence-corrected chi connectivity index (χ1v) is 7.58. The Morgan fingerprint density at radius 1 is 0.727 bits per heavy atom.